The highest BCUT2D eigenvalue weighted by Crippen LogP contribution is 2.47. The zero-order valence-corrected chi connectivity index (χ0v) is 29.5. The molecular weight excluding hydrogens is 639 g/mol. The average Bonchev–Trinajstić information content (AvgIpc) is 3.18. The Balaban J connectivity index is 1.28. The van der Waals surface area contributed by atoms with Gasteiger partial charge in [0.2, 0.25) is 0 Å². The maximum absolute atomic E-state index is 14.4. The van der Waals surface area contributed by atoms with Gasteiger partial charge in [0.25, 0.3) is 5.91 Å². The smallest absolute Gasteiger partial charge is 0.329 e. The number of likely N-dealkylation sites (tertiary alicyclic amines) is 1. The van der Waals surface area contributed by atoms with Crippen LogP contribution in [0, 0.1) is 41.9 Å². The van der Waals surface area contributed by atoms with Crippen LogP contribution in [0.25, 0.3) is 0 Å². The summed E-state index contributed by atoms with van der Waals surface area (Å²) in [6.07, 6.45) is 10.1. The molecule has 10 nitrogen and oxygen atoms in total. The molecule has 260 valence electrons. The lowest BCUT2D eigenvalue weighted by molar-refractivity contribution is 0.0131. The number of fused-ring (bicyclic) bond motifs is 4. The highest BCUT2D eigenvalue weighted by molar-refractivity contribution is 7.92. The number of amides is 3. The molecule has 2 bridgehead atoms. The van der Waals surface area contributed by atoms with E-state index in [-0.39, 0.29) is 42.2 Å². The molecule has 2 aromatic carbocycles. The van der Waals surface area contributed by atoms with Crippen LogP contribution >= 0.6 is 0 Å². The molecule has 2 aliphatic carbocycles. The number of hydrogen-bond acceptors (Lipinski definition) is 7. The monoisotopic (exact) mass is 685 g/mol. The molecular formula is C38H47N5O5S. The van der Waals surface area contributed by atoms with E-state index in [0.29, 0.717) is 30.4 Å². The number of methoxy groups -OCH3 is 1. The van der Waals surface area contributed by atoms with Crippen LogP contribution in [0.15, 0.2) is 52.9 Å². The van der Waals surface area contributed by atoms with Crippen LogP contribution in [0.3, 0.4) is 0 Å². The number of nitrogens with zero attached hydrogens (tertiary/aromatic N) is 4. The van der Waals surface area contributed by atoms with Crippen molar-refractivity contribution in [1.29, 1.82) is 5.26 Å². The molecule has 1 saturated heterocycles. The van der Waals surface area contributed by atoms with Crippen molar-refractivity contribution in [1.82, 2.24) is 9.62 Å². The number of nitriles is 1. The van der Waals surface area contributed by atoms with Crippen molar-refractivity contribution in [3.8, 4) is 11.8 Å². The SMILES string of the molecule is CO[C@H]1/C=C/C[C@H](C)CS(=O)(NC(=O)N2CC(C#N)C2)=NC(=O)c2ccc3c(c2)N(C[C@@H]2CC[C@H]21)C[C@@]1(CCCc2cc(C)ccc21)CO3. The van der Waals surface area contributed by atoms with Crippen LogP contribution in [0.4, 0.5) is 10.5 Å². The molecule has 6 atom stereocenters. The second kappa shape index (κ2) is 13.4. The van der Waals surface area contributed by atoms with Crippen molar-refractivity contribution in [3.63, 3.8) is 0 Å². The minimum atomic E-state index is -3.50. The van der Waals surface area contributed by atoms with E-state index in [1.165, 1.54) is 21.6 Å². The van der Waals surface area contributed by atoms with Crippen LogP contribution in [0.1, 0.15) is 66.1 Å². The van der Waals surface area contributed by atoms with Crippen molar-refractivity contribution < 1.29 is 23.3 Å². The summed E-state index contributed by atoms with van der Waals surface area (Å²) in [5.41, 5.74) is 4.95. The van der Waals surface area contributed by atoms with Crippen molar-refractivity contribution in [2.75, 3.05) is 50.5 Å². The summed E-state index contributed by atoms with van der Waals surface area (Å²) < 4.78 is 33.9. The Labute approximate surface area is 290 Å². The van der Waals surface area contributed by atoms with Gasteiger partial charge >= 0.3 is 6.03 Å². The maximum atomic E-state index is 14.4. The average molecular weight is 686 g/mol. The van der Waals surface area contributed by atoms with Gasteiger partial charge < -0.3 is 19.3 Å². The fourth-order valence-corrected chi connectivity index (χ4v) is 10.3. The predicted molar refractivity (Wildman–Crippen MR) is 189 cm³/mol. The first-order valence-electron chi connectivity index (χ1n) is 17.7. The second-order valence-electron chi connectivity index (χ2n) is 15.0. The summed E-state index contributed by atoms with van der Waals surface area (Å²) in [5, 5.41) is 9.17. The Bertz CT molecular complexity index is 1820. The number of aryl methyl sites for hydroxylation is 2. The lowest BCUT2D eigenvalue weighted by Crippen LogP contribution is -2.54. The van der Waals surface area contributed by atoms with E-state index < -0.39 is 21.9 Å². The molecule has 5 aliphatic rings. The molecule has 2 fully saturated rings. The number of hydrogen-bond donors (Lipinski definition) is 1. The number of allylic oxidation sites excluding steroid dienone is 1. The van der Waals surface area contributed by atoms with E-state index in [2.05, 4.69) is 57.3 Å². The van der Waals surface area contributed by atoms with Gasteiger partial charge in [-0.25, -0.2) is 9.00 Å². The Morgan fingerprint density at radius 1 is 1.18 bits per heavy atom. The topological polar surface area (TPSA) is 124 Å². The van der Waals surface area contributed by atoms with Crippen molar-refractivity contribution in [2.45, 2.75) is 63.9 Å². The second-order valence-corrected chi connectivity index (χ2v) is 17.0. The maximum Gasteiger partial charge on any atom is 0.329 e. The highest BCUT2D eigenvalue weighted by atomic mass is 32.2. The Morgan fingerprint density at radius 2 is 2.02 bits per heavy atom. The molecule has 49 heavy (non-hydrogen) atoms. The molecule has 1 N–H and O–H groups in total. The third kappa shape index (κ3) is 6.70. The standard InChI is InChI=1S/C38H47N5O5S/c1-25-9-13-32-28(16-25)7-5-15-38(32)23-43-21-30-10-12-31(30)34(47-3)8-4-6-26(2)22-49(46,41-37(45)42-19-27(18-39)20-42)40-36(44)29-11-14-35(48-24-38)33(43)17-29/h4,8-9,11,13-14,16-17,26-27,30-31,34H,5-7,10,12,15,19-24H2,1-3H3,(H,40,41,44,45,46)/b8-4+/t26-,30-,31+,34-,38-,49?/m0/s1. The van der Waals surface area contributed by atoms with Crippen LogP contribution in [0.5, 0.6) is 5.75 Å². The summed E-state index contributed by atoms with van der Waals surface area (Å²) in [6.45, 7) is 6.71. The van der Waals surface area contributed by atoms with Crippen LogP contribution < -0.4 is 14.4 Å². The Morgan fingerprint density at radius 3 is 2.78 bits per heavy atom. The van der Waals surface area contributed by atoms with E-state index in [4.69, 9.17) is 14.7 Å². The summed E-state index contributed by atoms with van der Waals surface area (Å²) in [5.74, 6) is 0.466. The van der Waals surface area contributed by atoms with Gasteiger partial charge in [-0.1, -0.05) is 42.8 Å². The van der Waals surface area contributed by atoms with Crippen LogP contribution in [0.2, 0.25) is 0 Å². The first-order valence-corrected chi connectivity index (χ1v) is 19.3. The van der Waals surface area contributed by atoms with Crippen molar-refractivity contribution in [3.05, 3.63) is 70.8 Å². The summed E-state index contributed by atoms with van der Waals surface area (Å²) in [4.78, 5) is 30.8. The molecule has 3 amide bonds. The normalized spacial score (nSPS) is 32.2. The molecule has 0 radical (unpaired) electrons. The van der Waals surface area contributed by atoms with E-state index in [0.717, 1.165) is 56.6 Å². The van der Waals surface area contributed by atoms with Gasteiger partial charge in [-0.15, -0.1) is 4.36 Å². The summed E-state index contributed by atoms with van der Waals surface area (Å²) in [6, 6.07) is 13.8. The first-order chi connectivity index (χ1) is 23.6. The van der Waals surface area contributed by atoms with Gasteiger partial charge in [0.15, 0.2) is 0 Å². The lowest BCUT2D eigenvalue weighted by atomic mass is 9.68. The number of carbonyl (C=O) groups is 2. The van der Waals surface area contributed by atoms with Gasteiger partial charge in [0, 0.05) is 44.3 Å². The lowest BCUT2D eigenvalue weighted by Gasteiger charge is -2.46. The minimum Gasteiger partial charge on any atom is -0.490 e. The summed E-state index contributed by atoms with van der Waals surface area (Å²) >= 11 is 0. The van der Waals surface area contributed by atoms with Gasteiger partial charge in [0.1, 0.15) is 15.7 Å². The molecule has 3 aliphatic heterocycles. The first kappa shape index (κ1) is 33.6. The molecule has 1 unspecified atom stereocenters. The highest BCUT2D eigenvalue weighted by Gasteiger charge is 2.44. The van der Waals surface area contributed by atoms with Gasteiger partial charge in [-0.2, -0.15) is 5.26 Å². The predicted octanol–water partition coefficient (Wildman–Crippen LogP) is 5.79. The third-order valence-electron chi connectivity index (χ3n) is 11.3. The molecule has 2 aromatic rings. The number of nitrogens with one attached hydrogen (secondary N) is 1. The minimum absolute atomic E-state index is 0.00954. The number of urea groups is 1. The fraction of sp³-hybridized carbons (Fsp3) is 0.553. The van der Waals surface area contributed by atoms with Crippen molar-refractivity contribution in [2.24, 2.45) is 28.0 Å². The fourth-order valence-electron chi connectivity index (χ4n) is 8.45. The molecule has 1 saturated carbocycles. The molecule has 7 rings (SSSR count). The van der Waals surface area contributed by atoms with E-state index in [1.54, 1.807) is 13.2 Å². The van der Waals surface area contributed by atoms with Crippen LogP contribution in [-0.4, -0.2) is 72.8 Å². The zero-order chi connectivity index (χ0) is 34.3. The third-order valence-corrected chi connectivity index (χ3v) is 13.3. The van der Waals surface area contributed by atoms with Crippen LogP contribution in [-0.2, 0) is 26.5 Å². The van der Waals surface area contributed by atoms with Gasteiger partial charge in [0.05, 0.1) is 36.1 Å². The van der Waals surface area contributed by atoms with E-state index in [9.17, 15) is 13.8 Å². The van der Waals surface area contributed by atoms with E-state index >= 15 is 0 Å². The number of rotatable bonds is 2. The Hall–Kier alpha value is -3.88. The largest absolute Gasteiger partial charge is 0.490 e. The Kier molecular flexibility index (Phi) is 9.22. The van der Waals surface area contributed by atoms with Gasteiger partial charge in [-0.05, 0) is 92.5 Å². The zero-order valence-electron chi connectivity index (χ0n) is 28.7. The number of ether oxygens (including phenoxy) is 2. The quantitative estimate of drug-likeness (QED) is 0.397. The summed E-state index contributed by atoms with van der Waals surface area (Å²) in [7, 11) is -1.73. The number of benzene rings is 2. The molecule has 0 aromatic heterocycles. The van der Waals surface area contributed by atoms with Crippen molar-refractivity contribution >= 4 is 27.5 Å². The molecule has 11 heteroatoms. The number of anilines is 1. The molecule has 1 spiro atoms. The number of carbonyl (C=O) groups excluding carboxylic acids is 2. The molecule has 3 heterocycles. The van der Waals surface area contributed by atoms with E-state index in [1.807, 2.05) is 19.1 Å². The van der Waals surface area contributed by atoms with Gasteiger partial charge in [-0.3, -0.25) is 9.52 Å².